The van der Waals surface area contributed by atoms with Crippen molar-refractivity contribution in [3.8, 4) is 0 Å². The van der Waals surface area contributed by atoms with E-state index >= 15 is 0 Å². The van der Waals surface area contributed by atoms with Crippen molar-refractivity contribution in [2.45, 2.75) is 31.3 Å². The summed E-state index contributed by atoms with van der Waals surface area (Å²) in [5.74, 6) is -1.89. The van der Waals surface area contributed by atoms with Crippen molar-refractivity contribution in [1.29, 1.82) is 0 Å². The number of pyridine rings is 1. The third kappa shape index (κ3) is 5.17. The number of sulfonamides is 1. The Labute approximate surface area is 169 Å². The van der Waals surface area contributed by atoms with E-state index in [-0.39, 0.29) is 17.0 Å². The molecule has 0 fully saturated rings. The fraction of sp³-hybridized carbons (Fsp3) is 0.316. The summed E-state index contributed by atoms with van der Waals surface area (Å²) in [4.78, 5) is 27.8. The summed E-state index contributed by atoms with van der Waals surface area (Å²) in [5.41, 5.74) is 2.31. The van der Waals surface area contributed by atoms with E-state index in [0.29, 0.717) is 5.56 Å². The van der Waals surface area contributed by atoms with Gasteiger partial charge in [-0.05, 0) is 41.8 Å². The molecule has 2 aromatic rings. The summed E-state index contributed by atoms with van der Waals surface area (Å²) >= 11 is 0. The Hall–Kier alpha value is -2.82. The van der Waals surface area contributed by atoms with Crippen molar-refractivity contribution in [2.24, 2.45) is 5.92 Å². The summed E-state index contributed by atoms with van der Waals surface area (Å²) in [6, 6.07) is 7.37. The van der Waals surface area contributed by atoms with Crippen LogP contribution in [0.25, 0.3) is 0 Å². The molecule has 1 heterocycles. The molecular formula is C19H23N3O6S. The van der Waals surface area contributed by atoms with Crippen LogP contribution in [-0.4, -0.2) is 47.9 Å². The van der Waals surface area contributed by atoms with E-state index in [1.54, 1.807) is 37.7 Å². The summed E-state index contributed by atoms with van der Waals surface area (Å²) in [7, 11) is -2.94. The maximum Gasteiger partial charge on any atom is 0.337 e. The van der Waals surface area contributed by atoms with Crippen molar-refractivity contribution < 1.29 is 28.0 Å². The molecule has 29 heavy (non-hydrogen) atoms. The van der Waals surface area contributed by atoms with Gasteiger partial charge >= 0.3 is 5.97 Å². The molecule has 1 atom stereocenters. The fourth-order valence-corrected chi connectivity index (χ4v) is 4.56. The third-order valence-corrected chi connectivity index (χ3v) is 6.11. The number of esters is 1. The van der Waals surface area contributed by atoms with E-state index in [0.717, 1.165) is 4.31 Å². The minimum absolute atomic E-state index is 0.106. The van der Waals surface area contributed by atoms with Crippen molar-refractivity contribution in [1.82, 2.24) is 14.8 Å². The lowest BCUT2D eigenvalue weighted by molar-refractivity contribution is -0.134. The first kappa shape index (κ1) is 22.5. The van der Waals surface area contributed by atoms with E-state index in [1.807, 2.05) is 0 Å². The number of nitrogens with zero attached hydrogens (tertiary/aromatic N) is 2. The van der Waals surface area contributed by atoms with Gasteiger partial charge < -0.3 is 4.74 Å². The summed E-state index contributed by atoms with van der Waals surface area (Å²) in [6.45, 7) is 3.21. The maximum absolute atomic E-state index is 13.4. The minimum Gasteiger partial charge on any atom is -0.465 e. The van der Waals surface area contributed by atoms with Crippen molar-refractivity contribution in [2.75, 3.05) is 7.11 Å². The molecule has 0 bridgehead atoms. The first-order valence-electron chi connectivity index (χ1n) is 8.75. The van der Waals surface area contributed by atoms with Gasteiger partial charge in [0, 0.05) is 18.9 Å². The second-order valence-corrected chi connectivity index (χ2v) is 8.48. The van der Waals surface area contributed by atoms with Gasteiger partial charge in [-0.25, -0.2) is 18.7 Å². The lowest BCUT2D eigenvalue weighted by atomic mass is 10.0. The highest BCUT2D eigenvalue weighted by atomic mass is 32.2. The highest BCUT2D eigenvalue weighted by Crippen LogP contribution is 2.25. The molecule has 0 aliphatic carbocycles. The van der Waals surface area contributed by atoms with Crippen molar-refractivity contribution >= 4 is 21.9 Å². The summed E-state index contributed by atoms with van der Waals surface area (Å²) < 4.78 is 32.4. The number of carbonyl (C=O) groups excluding carboxylic acids is 2. The molecule has 10 heteroatoms. The molecule has 9 nitrogen and oxygen atoms in total. The number of hydroxylamine groups is 1. The van der Waals surface area contributed by atoms with Crippen LogP contribution < -0.4 is 5.48 Å². The molecule has 0 spiro atoms. The fourth-order valence-electron chi connectivity index (χ4n) is 2.85. The Morgan fingerprint density at radius 2 is 1.86 bits per heavy atom. The highest BCUT2D eigenvalue weighted by Gasteiger charge is 2.38. The first-order valence-corrected chi connectivity index (χ1v) is 10.2. The van der Waals surface area contributed by atoms with E-state index in [1.165, 1.54) is 37.6 Å². The van der Waals surface area contributed by atoms with Gasteiger partial charge in [-0.3, -0.25) is 15.0 Å². The molecule has 1 aromatic carbocycles. The molecule has 1 aromatic heterocycles. The molecule has 2 rings (SSSR count). The Balaban J connectivity index is 2.53. The van der Waals surface area contributed by atoms with Crippen molar-refractivity contribution in [3.63, 3.8) is 0 Å². The molecule has 1 amide bonds. The van der Waals surface area contributed by atoms with Crippen LogP contribution in [0.15, 0.2) is 53.7 Å². The van der Waals surface area contributed by atoms with E-state index in [9.17, 15) is 18.0 Å². The van der Waals surface area contributed by atoms with Crippen LogP contribution >= 0.6 is 0 Å². The van der Waals surface area contributed by atoms with Gasteiger partial charge in [0.1, 0.15) is 6.04 Å². The van der Waals surface area contributed by atoms with Crippen LogP contribution in [0.3, 0.4) is 0 Å². The Kier molecular flexibility index (Phi) is 7.43. The zero-order valence-corrected chi connectivity index (χ0v) is 17.1. The second kappa shape index (κ2) is 9.59. The average Bonchev–Trinajstić information content (AvgIpc) is 2.73. The van der Waals surface area contributed by atoms with E-state index in [4.69, 9.17) is 5.21 Å². The predicted molar refractivity (Wildman–Crippen MR) is 103 cm³/mol. The number of methoxy groups -OCH3 is 1. The lowest BCUT2D eigenvalue weighted by Gasteiger charge is -2.32. The molecule has 0 aliphatic heterocycles. The van der Waals surface area contributed by atoms with Crippen LogP contribution in [0.1, 0.15) is 29.8 Å². The second-order valence-electron chi connectivity index (χ2n) is 6.59. The van der Waals surface area contributed by atoms with Crippen LogP contribution in [-0.2, 0) is 26.1 Å². The number of hydrogen-bond acceptors (Lipinski definition) is 7. The predicted octanol–water partition coefficient (Wildman–Crippen LogP) is 1.59. The van der Waals surface area contributed by atoms with Gasteiger partial charge in [0.2, 0.25) is 10.0 Å². The number of rotatable bonds is 8. The largest absolute Gasteiger partial charge is 0.465 e. The quantitative estimate of drug-likeness (QED) is 0.376. The normalized spacial score (nSPS) is 12.6. The number of benzene rings is 1. The number of aromatic nitrogens is 1. The zero-order chi connectivity index (χ0) is 21.6. The summed E-state index contributed by atoms with van der Waals surface area (Å²) in [5, 5.41) is 9.15. The van der Waals surface area contributed by atoms with Crippen LogP contribution in [0.2, 0.25) is 0 Å². The van der Waals surface area contributed by atoms with Crippen LogP contribution in [0.5, 0.6) is 0 Å². The first-order chi connectivity index (χ1) is 13.7. The SMILES string of the molecule is COC(=O)c1ccc(S(=O)(=O)N(Cc2cccnc2)C(C(=O)NO)C(C)C)cc1. The molecule has 0 saturated heterocycles. The number of hydrogen-bond donors (Lipinski definition) is 2. The van der Waals surface area contributed by atoms with Gasteiger partial charge in [-0.1, -0.05) is 19.9 Å². The van der Waals surface area contributed by atoms with E-state index < -0.39 is 33.9 Å². The minimum atomic E-state index is -4.17. The molecule has 0 radical (unpaired) electrons. The number of nitrogens with one attached hydrogen (secondary N) is 1. The lowest BCUT2D eigenvalue weighted by Crippen LogP contribution is -2.51. The molecule has 0 saturated carbocycles. The molecule has 2 N–H and O–H groups in total. The Bertz CT molecular complexity index is 946. The van der Waals surface area contributed by atoms with Gasteiger partial charge in [0.25, 0.3) is 5.91 Å². The zero-order valence-electron chi connectivity index (χ0n) is 16.3. The van der Waals surface area contributed by atoms with Gasteiger partial charge in [0.15, 0.2) is 0 Å². The maximum atomic E-state index is 13.4. The van der Waals surface area contributed by atoms with E-state index in [2.05, 4.69) is 9.72 Å². The Morgan fingerprint density at radius 1 is 1.21 bits per heavy atom. The molecule has 156 valence electrons. The smallest absolute Gasteiger partial charge is 0.337 e. The topological polar surface area (TPSA) is 126 Å². The monoisotopic (exact) mass is 421 g/mol. The standard InChI is InChI=1S/C19H23N3O6S/c1-13(2)17(18(23)21-25)22(12-14-5-4-10-20-11-14)29(26,27)16-8-6-15(7-9-16)19(24)28-3/h4-11,13,17,25H,12H2,1-3H3,(H,21,23). The van der Waals surface area contributed by atoms with Gasteiger partial charge in [-0.15, -0.1) is 0 Å². The van der Waals surface area contributed by atoms with Crippen LogP contribution in [0.4, 0.5) is 0 Å². The molecular weight excluding hydrogens is 398 g/mol. The van der Waals surface area contributed by atoms with Gasteiger partial charge in [0.05, 0.1) is 17.6 Å². The van der Waals surface area contributed by atoms with Crippen LogP contribution in [0, 0.1) is 5.92 Å². The molecule has 1 unspecified atom stereocenters. The van der Waals surface area contributed by atoms with Gasteiger partial charge in [-0.2, -0.15) is 4.31 Å². The number of carbonyl (C=O) groups is 2. The third-order valence-electron chi connectivity index (χ3n) is 4.26. The average molecular weight is 421 g/mol. The van der Waals surface area contributed by atoms with Crippen molar-refractivity contribution in [3.05, 3.63) is 59.9 Å². The highest BCUT2D eigenvalue weighted by molar-refractivity contribution is 7.89. The molecule has 0 aliphatic rings. The summed E-state index contributed by atoms with van der Waals surface area (Å²) in [6.07, 6.45) is 3.05. The number of ether oxygens (including phenoxy) is 1. The Morgan fingerprint density at radius 3 is 2.34 bits per heavy atom. The number of amides is 1.